The number of para-hydroxylation sites is 1. The van der Waals surface area contributed by atoms with Crippen molar-refractivity contribution in [3.63, 3.8) is 0 Å². The van der Waals surface area contributed by atoms with Crippen molar-refractivity contribution in [3.05, 3.63) is 54.1 Å². The summed E-state index contributed by atoms with van der Waals surface area (Å²) in [4.78, 5) is 15.4. The van der Waals surface area contributed by atoms with Crippen molar-refractivity contribution in [3.8, 4) is 0 Å². The lowest BCUT2D eigenvalue weighted by atomic mass is 10.2. The molecule has 0 atom stereocenters. The zero-order valence-electron chi connectivity index (χ0n) is 16.3. The van der Waals surface area contributed by atoms with E-state index in [0.29, 0.717) is 18.7 Å². The fourth-order valence-electron chi connectivity index (χ4n) is 3.44. The predicted molar refractivity (Wildman–Crippen MR) is 109 cm³/mol. The number of carbonyl (C=O) groups is 1. The average molecular weight is 406 g/mol. The molecule has 0 saturated heterocycles. The summed E-state index contributed by atoms with van der Waals surface area (Å²) in [5.41, 5.74) is 4.26. The Morgan fingerprint density at radius 1 is 1.14 bits per heavy atom. The van der Waals surface area contributed by atoms with Gasteiger partial charge in [0, 0.05) is 30.2 Å². The predicted octanol–water partition coefficient (Wildman–Crippen LogP) is 4.39. The largest absolute Gasteiger partial charge is 0.401 e. The summed E-state index contributed by atoms with van der Waals surface area (Å²) < 4.78 is 36.8. The number of urea groups is 1. The Morgan fingerprint density at radius 2 is 1.86 bits per heavy atom. The molecule has 8 heteroatoms. The van der Waals surface area contributed by atoms with Gasteiger partial charge in [0.2, 0.25) is 0 Å². The molecule has 2 aromatic carbocycles. The second-order valence-corrected chi connectivity index (χ2v) is 7.16. The van der Waals surface area contributed by atoms with Gasteiger partial charge >= 0.3 is 12.2 Å². The van der Waals surface area contributed by atoms with Crippen molar-refractivity contribution < 1.29 is 18.0 Å². The van der Waals surface area contributed by atoms with E-state index in [4.69, 9.17) is 0 Å². The van der Waals surface area contributed by atoms with Crippen LogP contribution in [-0.2, 0) is 6.42 Å². The van der Waals surface area contributed by atoms with E-state index in [9.17, 15) is 18.0 Å². The molecular weight excluding hydrogens is 381 g/mol. The molecule has 0 aromatic heterocycles. The molecule has 29 heavy (non-hydrogen) atoms. The first-order valence-corrected chi connectivity index (χ1v) is 9.57. The second kappa shape index (κ2) is 9.17. The Kier molecular flexibility index (Phi) is 6.64. The molecule has 1 heterocycles. The van der Waals surface area contributed by atoms with Crippen molar-refractivity contribution in [2.45, 2.75) is 19.0 Å². The highest BCUT2D eigenvalue weighted by molar-refractivity contribution is 5.89. The van der Waals surface area contributed by atoms with Gasteiger partial charge in [0.1, 0.15) is 0 Å². The van der Waals surface area contributed by atoms with E-state index in [1.165, 1.54) is 23.2 Å². The minimum atomic E-state index is -4.21. The number of rotatable bonds is 7. The number of amides is 2. The van der Waals surface area contributed by atoms with Gasteiger partial charge in [-0.3, -0.25) is 4.90 Å². The Bertz CT molecular complexity index is 823. The number of hydrogen-bond donors (Lipinski definition) is 2. The van der Waals surface area contributed by atoms with E-state index in [1.54, 1.807) is 0 Å². The lowest BCUT2D eigenvalue weighted by Crippen LogP contribution is -2.34. The van der Waals surface area contributed by atoms with Gasteiger partial charge in [-0.15, -0.1) is 0 Å². The zero-order chi connectivity index (χ0) is 20.9. The minimum absolute atomic E-state index is 0.256. The van der Waals surface area contributed by atoms with Crippen LogP contribution in [0.25, 0.3) is 0 Å². The van der Waals surface area contributed by atoms with Crippen LogP contribution in [0.1, 0.15) is 12.0 Å². The number of nitrogens with one attached hydrogen (secondary N) is 2. The monoisotopic (exact) mass is 406 g/mol. The first-order valence-electron chi connectivity index (χ1n) is 9.57. The van der Waals surface area contributed by atoms with Crippen molar-refractivity contribution in [1.29, 1.82) is 0 Å². The number of anilines is 3. The number of benzene rings is 2. The summed E-state index contributed by atoms with van der Waals surface area (Å²) in [7, 11) is 1.41. The minimum Gasteiger partial charge on any atom is -0.341 e. The van der Waals surface area contributed by atoms with Crippen LogP contribution < -0.4 is 15.5 Å². The van der Waals surface area contributed by atoms with Crippen LogP contribution in [0.4, 0.5) is 35.0 Å². The summed E-state index contributed by atoms with van der Waals surface area (Å²) in [6.07, 6.45) is -2.76. The number of hydrogen-bond acceptors (Lipinski definition) is 3. The van der Waals surface area contributed by atoms with Gasteiger partial charge in [-0.2, -0.15) is 13.2 Å². The maximum atomic E-state index is 12.3. The molecule has 1 aliphatic heterocycles. The van der Waals surface area contributed by atoms with E-state index >= 15 is 0 Å². The third-order valence-corrected chi connectivity index (χ3v) is 4.78. The van der Waals surface area contributed by atoms with E-state index in [-0.39, 0.29) is 12.6 Å². The average Bonchev–Trinajstić information content (AvgIpc) is 3.09. The van der Waals surface area contributed by atoms with Crippen LogP contribution in [0.5, 0.6) is 0 Å². The van der Waals surface area contributed by atoms with Gasteiger partial charge in [-0.1, -0.05) is 18.2 Å². The Labute approximate surface area is 168 Å². The summed E-state index contributed by atoms with van der Waals surface area (Å²) in [6.45, 7) is 0.533. The van der Waals surface area contributed by atoms with Gasteiger partial charge < -0.3 is 15.5 Å². The number of alkyl halides is 3. The van der Waals surface area contributed by atoms with E-state index < -0.39 is 12.7 Å². The Hall–Kier alpha value is -2.74. The number of carbonyl (C=O) groups excluding carboxylic acids is 1. The van der Waals surface area contributed by atoms with Crippen LogP contribution >= 0.6 is 0 Å². The van der Waals surface area contributed by atoms with E-state index in [0.717, 1.165) is 18.7 Å². The molecule has 0 fully saturated rings. The first-order chi connectivity index (χ1) is 13.8. The molecule has 0 bridgehead atoms. The molecule has 0 unspecified atom stereocenters. The summed E-state index contributed by atoms with van der Waals surface area (Å²) in [5, 5.41) is 5.41. The van der Waals surface area contributed by atoms with Crippen molar-refractivity contribution >= 4 is 23.1 Å². The highest BCUT2D eigenvalue weighted by Gasteiger charge is 2.28. The highest BCUT2D eigenvalue weighted by atomic mass is 19.4. The molecule has 2 aromatic rings. The number of nitrogens with zero attached hydrogens (tertiary/aromatic N) is 2. The smallest absolute Gasteiger partial charge is 0.341 e. The lowest BCUT2D eigenvalue weighted by Gasteiger charge is -2.20. The van der Waals surface area contributed by atoms with Gasteiger partial charge in [0.25, 0.3) is 0 Å². The number of halogens is 3. The maximum Gasteiger partial charge on any atom is 0.401 e. The van der Waals surface area contributed by atoms with Gasteiger partial charge in [0.15, 0.2) is 0 Å². The third-order valence-electron chi connectivity index (χ3n) is 4.78. The normalized spacial score (nSPS) is 13.5. The molecule has 2 N–H and O–H groups in total. The molecule has 2 amide bonds. The molecule has 1 aliphatic rings. The second-order valence-electron chi connectivity index (χ2n) is 7.16. The SMILES string of the molecule is CN(CCCNC(=O)Nc1ccc(N2CCc3ccccc32)cc1)CC(F)(F)F. The van der Waals surface area contributed by atoms with Crippen molar-refractivity contribution in [2.75, 3.05) is 43.4 Å². The molecular formula is C21H25F3N4O. The summed E-state index contributed by atoms with van der Waals surface area (Å²) in [6, 6.07) is 15.5. The van der Waals surface area contributed by atoms with Crippen molar-refractivity contribution in [2.24, 2.45) is 0 Å². The third kappa shape index (κ3) is 6.12. The summed E-state index contributed by atoms with van der Waals surface area (Å²) in [5.74, 6) is 0. The molecule has 3 rings (SSSR count). The zero-order valence-corrected chi connectivity index (χ0v) is 16.3. The van der Waals surface area contributed by atoms with Crippen molar-refractivity contribution in [1.82, 2.24) is 10.2 Å². The molecule has 0 radical (unpaired) electrons. The van der Waals surface area contributed by atoms with Crippen LogP contribution in [-0.4, -0.2) is 50.3 Å². The molecule has 156 valence electrons. The van der Waals surface area contributed by atoms with Crippen LogP contribution in [0, 0.1) is 0 Å². The standard InChI is InChI=1S/C21H25F3N4O/c1-27(15-21(22,23)24)13-4-12-25-20(29)26-17-7-9-18(10-8-17)28-14-11-16-5-2-3-6-19(16)28/h2-3,5-10H,4,11-15H2,1H3,(H2,25,26,29). The molecule has 0 spiro atoms. The molecule has 0 aliphatic carbocycles. The van der Waals surface area contributed by atoms with E-state index in [2.05, 4.69) is 27.7 Å². The van der Waals surface area contributed by atoms with Crippen LogP contribution in [0.2, 0.25) is 0 Å². The quantitative estimate of drug-likeness (QED) is 0.671. The topological polar surface area (TPSA) is 47.6 Å². The van der Waals surface area contributed by atoms with Gasteiger partial charge in [-0.25, -0.2) is 4.79 Å². The van der Waals surface area contributed by atoms with Crippen LogP contribution in [0.15, 0.2) is 48.5 Å². The summed E-state index contributed by atoms with van der Waals surface area (Å²) >= 11 is 0. The van der Waals surface area contributed by atoms with Gasteiger partial charge in [0.05, 0.1) is 6.54 Å². The first kappa shape index (κ1) is 21.0. The molecule has 5 nitrogen and oxygen atoms in total. The maximum absolute atomic E-state index is 12.3. The highest BCUT2D eigenvalue weighted by Crippen LogP contribution is 2.34. The van der Waals surface area contributed by atoms with E-state index in [1.807, 2.05) is 36.4 Å². The van der Waals surface area contributed by atoms with Crippen LogP contribution in [0.3, 0.4) is 0 Å². The Morgan fingerprint density at radius 3 is 2.59 bits per heavy atom. The fourth-order valence-corrected chi connectivity index (χ4v) is 3.44. The molecule has 0 saturated carbocycles. The lowest BCUT2D eigenvalue weighted by molar-refractivity contribution is -0.143. The number of fused-ring (bicyclic) bond motifs is 1. The Balaban J connectivity index is 1.43. The fraction of sp³-hybridized carbons (Fsp3) is 0.381. The van der Waals surface area contributed by atoms with Gasteiger partial charge in [-0.05, 0) is 62.3 Å².